The zero-order chi connectivity index (χ0) is 18.3. The Morgan fingerprint density at radius 1 is 1.29 bits per heavy atom. The summed E-state index contributed by atoms with van der Waals surface area (Å²) in [7, 11) is 0.764. The van der Waals surface area contributed by atoms with E-state index in [0.717, 1.165) is 24.6 Å². The first-order chi connectivity index (χ1) is 11.1. The largest absolute Gasteiger partial charge is 0.493 e. The molecule has 0 aliphatic rings. The molecular weight excluding hydrogens is 326 g/mol. The number of halogens is 2. The number of hydrogen-bond acceptors (Lipinski definition) is 2. The van der Waals surface area contributed by atoms with Crippen LogP contribution in [0.1, 0.15) is 30.9 Å². The first kappa shape index (κ1) is 20.6. The molecule has 0 bridgehead atoms. The lowest BCUT2D eigenvalue weighted by Gasteiger charge is -2.17. The fourth-order valence-electron chi connectivity index (χ4n) is 2.15. The van der Waals surface area contributed by atoms with Crippen molar-refractivity contribution < 1.29 is 13.5 Å². The van der Waals surface area contributed by atoms with Crippen LogP contribution >= 0.6 is 0 Å². The van der Waals surface area contributed by atoms with Crippen LogP contribution in [0.5, 0.6) is 5.75 Å². The number of aryl methyl sites for hydroxylation is 1. The first-order valence-electron chi connectivity index (χ1n) is 8.44. The lowest BCUT2D eigenvalue weighted by atomic mass is 10.1. The molecule has 136 valence electrons. The first-order valence-corrected chi connectivity index (χ1v) is 12.1. The van der Waals surface area contributed by atoms with Gasteiger partial charge in [0.15, 0.2) is 0 Å². The van der Waals surface area contributed by atoms with Gasteiger partial charge in [-0.15, -0.1) is 0 Å². The van der Waals surface area contributed by atoms with E-state index in [9.17, 15) is 8.78 Å². The molecule has 0 radical (unpaired) electrons. The Bertz CT molecular complexity index is 557. The molecule has 24 heavy (non-hydrogen) atoms. The van der Waals surface area contributed by atoms with Gasteiger partial charge in [-0.3, -0.25) is 0 Å². The molecule has 0 N–H and O–H groups in total. The highest BCUT2D eigenvalue weighted by molar-refractivity contribution is 6.76. The van der Waals surface area contributed by atoms with Gasteiger partial charge in [0.1, 0.15) is 5.75 Å². The Hall–Kier alpha value is -1.43. The number of nitrogens with zero attached hydrogens (tertiary/aromatic N) is 2. The Labute approximate surface area is 145 Å². The van der Waals surface area contributed by atoms with Crippen molar-refractivity contribution in [3.05, 3.63) is 23.3 Å². The van der Waals surface area contributed by atoms with E-state index in [1.165, 1.54) is 6.07 Å². The molecule has 1 rings (SSSR count). The minimum absolute atomic E-state index is 0.0834. The summed E-state index contributed by atoms with van der Waals surface area (Å²) in [5.41, 5.74) is 1.31. The summed E-state index contributed by atoms with van der Waals surface area (Å²) in [5, 5.41) is 0. The van der Waals surface area contributed by atoms with Gasteiger partial charge in [0.2, 0.25) is 0 Å². The fourth-order valence-corrected chi connectivity index (χ4v) is 3.35. The van der Waals surface area contributed by atoms with Gasteiger partial charge >= 0.3 is 0 Å². The monoisotopic (exact) mass is 356 g/mol. The summed E-state index contributed by atoms with van der Waals surface area (Å²) in [6.45, 7) is 12.0. The molecule has 1 aromatic rings. The van der Waals surface area contributed by atoms with Gasteiger partial charge in [0, 0.05) is 21.7 Å². The number of rotatable bonds is 9. The molecule has 0 amide bonds. The van der Waals surface area contributed by atoms with Crippen molar-refractivity contribution >= 4 is 20.1 Å². The summed E-state index contributed by atoms with van der Waals surface area (Å²) in [6, 6.07) is 4.24. The molecule has 0 atom stereocenters. The molecule has 0 unspecified atom stereocenters. The van der Waals surface area contributed by atoms with Gasteiger partial charge in [-0.1, -0.05) is 25.7 Å². The zero-order valence-electron chi connectivity index (χ0n) is 15.7. The minimum Gasteiger partial charge on any atom is -0.493 e. The highest BCUT2D eigenvalue weighted by Gasteiger charge is 2.17. The summed E-state index contributed by atoms with van der Waals surface area (Å²) in [4.78, 5) is 6.20. The lowest BCUT2D eigenvalue weighted by molar-refractivity contribution is 0.145. The Kier molecular flexibility index (Phi) is 7.86. The smallest absolute Gasteiger partial charge is 0.267 e. The van der Waals surface area contributed by atoms with Gasteiger partial charge in [-0.25, -0.2) is 13.8 Å². The van der Waals surface area contributed by atoms with Crippen molar-refractivity contribution in [1.82, 2.24) is 4.90 Å². The van der Waals surface area contributed by atoms with Crippen molar-refractivity contribution in [2.75, 3.05) is 20.2 Å². The van der Waals surface area contributed by atoms with E-state index in [1.54, 1.807) is 12.4 Å². The molecule has 0 fully saturated rings. The van der Waals surface area contributed by atoms with Crippen LogP contribution in [0.25, 0.3) is 0 Å². The molecule has 3 nitrogen and oxygen atoms in total. The van der Waals surface area contributed by atoms with Crippen LogP contribution in [0, 0.1) is 6.92 Å². The number of benzene rings is 1. The second kappa shape index (κ2) is 9.16. The van der Waals surface area contributed by atoms with Gasteiger partial charge < -0.3 is 9.64 Å². The quantitative estimate of drug-likeness (QED) is 0.247. The Balaban J connectivity index is 2.89. The third-order valence-corrected chi connectivity index (χ3v) is 5.64. The molecule has 0 saturated heterocycles. The number of alkyl halides is 2. The molecule has 0 spiro atoms. The second-order valence-corrected chi connectivity index (χ2v) is 12.9. The lowest BCUT2D eigenvalue weighted by Crippen LogP contribution is -2.20. The van der Waals surface area contributed by atoms with Crippen LogP contribution in [0.3, 0.4) is 0 Å². The fraction of sp³-hybridized carbons (Fsp3) is 0.611. The average Bonchev–Trinajstić information content (AvgIpc) is 2.48. The summed E-state index contributed by atoms with van der Waals surface area (Å²) in [6.07, 6.45) is -0.0134. The second-order valence-electron chi connectivity index (χ2n) is 7.31. The third-order valence-electron chi connectivity index (χ3n) is 3.78. The maximum absolute atomic E-state index is 13.4. The topological polar surface area (TPSA) is 24.8 Å². The number of ether oxygens (including phenoxy) is 1. The Morgan fingerprint density at radius 2 is 1.96 bits per heavy atom. The predicted octanol–water partition coefficient (Wildman–Crippen LogP) is 5.65. The van der Waals surface area contributed by atoms with Crippen molar-refractivity contribution in [3.63, 3.8) is 0 Å². The van der Waals surface area contributed by atoms with Gasteiger partial charge in [-0.05, 0) is 38.0 Å². The maximum Gasteiger partial charge on any atom is 0.267 e. The highest BCUT2D eigenvalue weighted by atomic mass is 28.3. The SMILES string of the molecule is CCN(C)/C=N/c1cc(C(F)F)c(OCCC[Si](C)(C)C)cc1C. The van der Waals surface area contributed by atoms with E-state index in [0.29, 0.717) is 12.3 Å². The van der Waals surface area contributed by atoms with Crippen molar-refractivity contribution in [3.8, 4) is 5.75 Å². The zero-order valence-corrected chi connectivity index (χ0v) is 16.7. The van der Waals surface area contributed by atoms with E-state index in [1.807, 2.05) is 25.8 Å². The van der Waals surface area contributed by atoms with E-state index in [4.69, 9.17) is 4.74 Å². The predicted molar refractivity (Wildman–Crippen MR) is 101 cm³/mol. The average molecular weight is 357 g/mol. The van der Waals surface area contributed by atoms with E-state index in [2.05, 4.69) is 24.6 Å². The van der Waals surface area contributed by atoms with Crippen LogP contribution in [0.2, 0.25) is 25.7 Å². The molecular formula is C18H30F2N2OSi. The van der Waals surface area contributed by atoms with Gasteiger partial charge in [0.05, 0.1) is 24.2 Å². The third kappa shape index (κ3) is 6.99. The molecule has 1 aromatic carbocycles. The normalized spacial score (nSPS) is 12.2. The molecule has 0 saturated carbocycles. The van der Waals surface area contributed by atoms with Crippen LogP contribution in [0.4, 0.5) is 14.5 Å². The van der Waals surface area contributed by atoms with Crippen LogP contribution in [0.15, 0.2) is 17.1 Å². The molecule has 0 aromatic heterocycles. The number of aliphatic imine (C=N–C) groups is 1. The van der Waals surface area contributed by atoms with Gasteiger partial charge in [0.25, 0.3) is 6.43 Å². The molecule has 0 heterocycles. The summed E-state index contributed by atoms with van der Waals surface area (Å²) in [5.74, 6) is 0.279. The van der Waals surface area contributed by atoms with Crippen molar-refractivity contribution in [2.45, 2.75) is 52.4 Å². The van der Waals surface area contributed by atoms with Crippen LogP contribution < -0.4 is 4.74 Å². The summed E-state index contributed by atoms with van der Waals surface area (Å²) >= 11 is 0. The molecule has 6 heteroatoms. The molecule has 0 aliphatic heterocycles. The van der Waals surface area contributed by atoms with E-state index < -0.39 is 14.5 Å². The van der Waals surface area contributed by atoms with Crippen LogP contribution in [-0.4, -0.2) is 39.5 Å². The van der Waals surface area contributed by atoms with Crippen LogP contribution in [-0.2, 0) is 0 Å². The highest BCUT2D eigenvalue weighted by Crippen LogP contribution is 2.35. The van der Waals surface area contributed by atoms with E-state index in [-0.39, 0.29) is 11.3 Å². The van der Waals surface area contributed by atoms with E-state index >= 15 is 0 Å². The number of hydrogen-bond donors (Lipinski definition) is 0. The Morgan fingerprint density at radius 3 is 2.50 bits per heavy atom. The van der Waals surface area contributed by atoms with Gasteiger partial charge in [-0.2, -0.15) is 0 Å². The molecule has 0 aliphatic carbocycles. The minimum atomic E-state index is -2.57. The summed E-state index contributed by atoms with van der Waals surface area (Å²) < 4.78 is 32.4. The maximum atomic E-state index is 13.4. The van der Waals surface area contributed by atoms with Crippen molar-refractivity contribution in [2.24, 2.45) is 4.99 Å². The van der Waals surface area contributed by atoms with Crippen molar-refractivity contribution in [1.29, 1.82) is 0 Å². The standard InChI is InChI=1S/C18H30F2N2OSi/c1-7-22(3)13-21-16-12-15(18(19)20)17(11-14(16)2)23-9-8-10-24(4,5)6/h11-13,18H,7-10H2,1-6H3/b21-13+.